The number of halogens is 1. The minimum absolute atomic E-state index is 0.219. The fourth-order valence-corrected chi connectivity index (χ4v) is 1.77. The summed E-state index contributed by atoms with van der Waals surface area (Å²) in [5, 5.41) is 11.3. The van der Waals surface area contributed by atoms with E-state index < -0.39 is 16.2 Å². The van der Waals surface area contributed by atoms with E-state index in [1.54, 1.807) is 31.2 Å². The van der Waals surface area contributed by atoms with Crippen LogP contribution in [0.2, 0.25) is 5.02 Å². The van der Waals surface area contributed by atoms with Gasteiger partial charge in [-0.25, -0.2) is 4.98 Å². The molecule has 6 nitrogen and oxygen atoms in total. The zero-order chi connectivity index (χ0) is 14.0. The number of aryl methyl sites for hydroxylation is 1. The molecule has 0 saturated heterocycles. The molecule has 0 spiro atoms. The van der Waals surface area contributed by atoms with E-state index in [0.717, 1.165) is 11.8 Å². The maximum absolute atomic E-state index is 12.0. The first kappa shape index (κ1) is 13.2. The van der Waals surface area contributed by atoms with Crippen molar-refractivity contribution in [3.63, 3.8) is 0 Å². The van der Waals surface area contributed by atoms with Crippen LogP contribution in [-0.4, -0.2) is 14.5 Å². The van der Waals surface area contributed by atoms with E-state index in [1.807, 2.05) is 0 Å². The summed E-state index contributed by atoms with van der Waals surface area (Å²) >= 11 is 5.77. The average Bonchev–Trinajstić information content (AvgIpc) is 2.36. The number of nitrogens with zero attached hydrogens (tertiary/aromatic N) is 3. The SMILES string of the molecule is Cc1ncc([N+](=O)[O-])c(=O)n1Cc1ccc(Cl)cc1. The van der Waals surface area contributed by atoms with Crippen molar-refractivity contribution in [3.8, 4) is 0 Å². The molecule has 0 radical (unpaired) electrons. The fraction of sp³-hybridized carbons (Fsp3) is 0.167. The average molecular weight is 280 g/mol. The lowest BCUT2D eigenvalue weighted by atomic mass is 10.2. The standard InChI is InChI=1S/C12H10ClN3O3/c1-8-14-6-11(16(18)19)12(17)15(8)7-9-2-4-10(13)5-3-9/h2-6H,7H2,1H3. The van der Waals surface area contributed by atoms with Crippen molar-refractivity contribution in [2.24, 2.45) is 0 Å². The Hall–Kier alpha value is -2.21. The summed E-state index contributed by atoms with van der Waals surface area (Å²) in [6, 6.07) is 6.91. The summed E-state index contributed by atoms with van der Waals surface area (Å²) in [5.41, 5.74) is -0.371. The van der Waals surface area contributed by atoms with E-state index in [2.05, 4.69) is 4.98 Å². The minimum atomic E-state index is -0.729. The van der Waals surface area contributed by atoms with Gasteiger partial charge in [-0.3, -0.25) is 19.5 Å². The van der Waals surface area contributed by atoms with E-state index in [4.69, 9.17) is 11.6 Å². The Morgan fingerprint density at radius 2 is 2.00 bits per heavy atom. The van der Waals surface area contributed by atoms with Gasteiger partial charge < -0.3 is 0 Å². The highest BCUT2D eigenvalue weighted by molar-refractivity contribution is 6.30. The third kappa shape index (κ3) is 2.79. The number of hydrogen-bond acceptors (Lipinski definition) is 4. The topological polar surface area (TPSA) is 78.0 Å². The Morgan fingerprint density at radius 1 is 1.37 bits per heavy atom. The maximum Gasteiger partial charge on any atom is 0.352 e. The van der Waals surface area contributed by atoms with Crippen molar-refractivity contribution in [1.82, 2.24) is 9.55 Å². The molecule has 1 heterocycles. The smallest absolute Gasteiger partial charge is 0.286 e. The van der Waals surface area contributed by atoms with E-state index in [0.29, 0.717) is 10.8 Å². The molecule has 2 rings (SSSR count). The van der Waals surface area contributed by atoms with Gasteiger partial charge in [0.2, 0.25) is 0 Å². The molecule has 0 atom stereocenters. The maximum atomic E-state index is 12.0. The molecule has 0 fully saturated rings. The zero-order valence-corrected chi connectivity index (χ0v) is 10.8. The lowest BCUT2D eigenvalue weighted by Crippen LogP contribution is -2.26. The molecule has 19 heavy (non-hydrogen) atoms. The predicted octanol–water partition coefficient (Wildman–Crippen LogP) is 2.16. The van der Waals surface area contributed by atoms with Crippen LogP contribution in [0, 0.1) is 17.0 Å². The molecule has 98 valence electrons. The lowest BCUT2D eigenvalue weighted by Gasteiger charge is -2.08. The summed E-state index contributed by atoms with van der Waals surface area (Å²) in [6.45, 7) is 1.84. The van der Waals surface area contributed by atoms with Gasteiger partial charge in [-0.2, -0.15) is 0 Å². The molecule has 2 aromatic rings. The van der Waals surface area contributed by atoms with E-state index in [9.17, 15) is 14.9 Å². The second kappa shape index (κ2) is 5.19. The molecule has 1 aromatic heterocycles. The van der Waals surface area contributed by atoms with Gasteiger partial charge >= 0.3 is 11.2 Å². The summed E-state index contributed by atoms with van der Waals surface area (Å²) in [7, 11) is 0. The summed E-state index contributed by atoms with van der Waals surface area (Å²) < 4.78 is 1.27. The summed E-state index contributed by atoms with van der Waals surface area (Å²) in [6.07, 6.45) is 0.982. The van der Waals surface area contributed by atoms with Crippen molar-refractivity contribution >= 4 is 17.3 Å². The second-order valence-electron chi connectivity index (χ2n) is 3.97. The third-order valence-corrected chi connectivity index (χ3v) is 2.93. The summed E-state index contributed by atoms with van der Waals surface area (Å²) in [4.78, 5) is 25.8. The Kier molecular flexibility index (Phi) is 3.62. The van der Waals surface area contributed by atoms with E-state index in [-0.39, 0.29) is 6.54 Å². The van der Waals surface area contributed by atoms with Crippen LogP contribution in [0.4, 0.5) is 5.69 Å². The van der Waals surface area contributed by atoms with Crippen LogP contribution in [0.3, 0.4) is 0 Å². The Labute approximate surface area is 113 Å². The van der Waals surface area contributed by atoms with Gasteiger partial charge in [-0.1, -0.05) is 23.7 Å². The van der Waals surface area contributed by atoms with Crippen molar-refractivity contribution < 1.29 is 4.92 Å². The molecule has 0 aliphatic heterocycles. The highest BCUT2D eigenvalue weighted by Crippen LogP contribution is 2.11. The monoisotopic (exact) mass is 279 g/mol. The Bertz CT molecular complexity index is 680. The molecule has 0 saturated carbocycles. The quantitative estimate of drug-likeness (QED) is 0.637. The lowest BCUT2D eigenvalue weighted by molar-refractivity contribution is -0.386. The van der Waals surface area contributed by atoms with Gasteiger partial charge in [0, 0.05) is 5.02 Å². The van der Waals surface area contributed by atoms with Crippen molar-refractivity contribution in [2.75, 3.05) is 0 Å². The minimum Gasteiger partial charge on any atom is -0.286 e. The van der Waals surface area contributed by atoms with Gasteiger partial charge in [-0.15, -0.1) is 0 Å². The van der Waals surface area contributed by atoms with Crippen LogP contribution in [0.1, 0.15) is 11.4 Å². The molecule has 1 aromatic carbocycles. The van der Waals surface area contributed by atoms with Crippen LogP contribution in [0.5, 0.6) is 0 Å². The molecule has 0 bridgehead atoms. The predicted molar refractivity (Wildman–Crippen MR) is 70.4 cm³/mol. The molecule has 0 aliphatic rings. The van der Waals surface area contributed by atoms with Crippen LogP contribution in [0.15, 0.2) is 35.3 Å². The highest BCUT2D eigenvalue weighted by atomic mass is 35.5. The van der Waals surface area contributed by atoms with Gasteiger partial charge in [0.25, 0.3) is 0 Å². The molecular weight excluding hydrogens is 270 g/mol. The first-order valence-corrected chi connectivity index (χ1v) is 5.82. The van der Waals surface area contributed by atoms with Crippen LogP contribution in [-0.2, 0) is 6.54 Å². The van der Waals surface area contributed by atoms with Crippen molar-refractivity contribution in [1.29, 1.82) is 0 Å². The molecule has 0 aliphatic carbocycles. The van der Waals surface area contributed by atoms with Crippen LogP contribution >= 0.6 is 11.6 Å². The van der Waals surface area contributed by atoms with Gasteiger partial charge in [0.1, 0.15) is 12.0 Å². The molecule has 0 unspecified atom stereocenters. The second-order valence-corrected chi connectivity index (χ2v) is 4.40. The van der Waals surface area contributed by atoms with E-state index in [1.165, 1.54) is 4.57 Å². The molecular formula is C12H10ClN3O3. The van der Waals surface area contributed by atoms with Gasteiger partial charge in [-0.05, 0) is 24.6 Å². The fourth-order valence-electron chi connectivity index (χ4n) is 1.65. The van der Waals surface area contributed by atoms with Gasteiger partial charge in [0.05, 0.1) is 11.5 Å². The van der Waals surface area contributed by atoms with Gasteiger partial charge in [0.15, 0.2) is 0 Å². The summed E-state index contributed by atoms with van der Waals surface area (Å²) in [5.74, 6) is 0.422. The number of nitro groups is 1. The van der Waals surface area contributed by atoms with E-state index >= 15 is 0 Å². The zero-order valence-electron chi connectivity index (χ0n) is 10.0. The Morgan fingerprint density at radius 3 is 2.58 bits per heavy atom. The van der Waals surface area contributed by atoms with Crippen molar-refractivity contribution in [2.45, 2.75) is 13.5 Å². The van der Waals surface area contributed by atoms with Crippen LogP contribution in [0.25, 0.3) is 0 Å². The highest BCUT2D eigenvalue weighted by Gasteiger charge is 2.16. The number of hydrogen-bond donors (Lipinski definition) is 0. The normalized spacial score (nSPS) is 10.4. The van der Waals surface area contributed by atoms with Crippen molar-refractivity contribution in [3.05, 3.63) is 67.3 Å². The molecule has 0 N–H and O–H groups in total. The first-order valence-electron chi connectivity index (χ1n) is 5.44. The van der Waals surface area contributed by atoms with Crippen LogP contribution < -0.4 is 5.56 Å². The third-order valence-electron chi connectivity index (χ3n) is 2.68. The first-order chi connectivity index (χ1) is 8.99. The largest absolute Gasteiger partial charge is 0.352 e. The number of aromatic nitrogens is 2. The number of rotatable bonds is 3. The Balaban J connectivity index is 2.45. The molecule has 7 heteroatoms. The molecule has 0 amide bonds. The number of benzene rings is 1.